The van der Waals surface area contributed by atoms with E-state index in [2.05, 4.69) is 10.2 Å². The van der Waals surface area contributed by atoms with Crippen LogP contribution in [-0.4, -0.2) is 57.9 Å². The molecule has 3 aromatic rings. The Bertz CT molecular complexity index is 1390. The van der Waals surface area contributed by atoms with E-state index in [0.29, 0.717) is 22.4 Å². The normalized spacial score (nSPS) is 14.8. The quantitative estimate of drug-likeness (QED) is 0.508. The van der Waals surface area contributed by atoms with E-state index in [9.17, 15) is 31.9 Å². The summed E-state index contributed by atoms with van der Waals surface area (Å²) in [6, 6.07) is 6.85. The molecule has 7 nitrogen and oxygen atoms in total. The Hall–Kier alpha value is -4.02. The summed E-state index contributed by atoms with van der Waals surface area (Å²) >= 11 is 0. The second kappa shape index (κ2) is 10.5. The van der Waals surface area contributed by atoms with Crippen LogP contribution in [0.15, 0.2) is 47.3 Å². The Labute approximate surface area is 209 Å². The summed E-state index contributed by atoms with van der Waals surface area (Å²) in [5.41, 5.74) is 1.80. The third kappa shape index (κ3) is 5.40. The molecule has 0 bridgehead atoms. The minimum atomic E-state index is -2.93. The molecule has 1 fully saturated rings. The second-order valence-electron chi connectivity index (χ2n) is 8.89. The molecular weight excluding hydrogens is 492 g/mol. The van der Waals surface area contributed by atoms with Gasteiger partial charge < -0.3 is 9.80 Å². The fourth-order valence-corrected chi connectivity index (χ4v) is 4.33. The van der Waals surface area contributed by atoms with Crippen molar-refractivity contribution in [3.63, 3.8) is 0 Å². The first-order chi connectivity index (χ1) is 17.6. The fraction of sp³-hybridized carbons (Fsp3) is 0.308. The predicted octanol–water partition coefficient (Wildman–Crippen LogP) is 3.55. The molecule has 2 amide bonds. The van der Waals surface area contributed by atoms with E-state index in [1.165, 1.54) is 24.3 Å². The van der Waals surface area contributed by atoms with Crippen LogP contribution in [0.5, 0.6) is 0 Å². The summed E-state index contributed by atoms with van der Waals surface area (Å²) in [6.45, 7) is 2.61. The van der Waals surface area contributed by atoms with Crippen molar-refractivity contribution in [1.82, 2.24) is 20.0 Å². The molecule has 0 saturated carbocycles. The lowest BCUT2D eigenvalue weighted by Gasteiger charge is -2.39. The van der Waals surface area contributed by atoms with Gasteiger partial charge in [0.15, 0.2) is 0 Å². The van der Waals surface area contributed by atoms with Crippen LogP contribution in [0.3, 0.4) is 0 Å². The van der Waals surface area contributed by atoms with Crippen LogP contribution in [0.4, 0.5) is 17.6 Å². The zero-order chi connectivity index (χ0) is 26.9. The minimum Gasteiger partial charge on any atom is -0.327 e. The molecule has 1 aliphatic rings. The molecule has 0 spiro atoms. The number of rotatable bonds is 6. The standard InChI is InChI=1S/C26H24F4N4O3/c1-14-15(2)25(36)32-31-21(14)12-16-3-8-20(28)19(11-16)26(37)33-9-10-34(22(35)13-33)23(24(29)30)17-4-6-18(27)7-5-17/h3-8,11,23-24H,9-10,12-13H2,1-2H3,(H,32,36). The third-order valence-corrected chi connectivity index (χ3v) is 6.59. The van der Waals surface area contributed by atoms with E-state index in [-0.39, 0.29) is 36.2 Å². The molecule has 4 rings (SSSR count). The van der Waals surface area contributed by atoms with E-state index >= 15 is 0 Å². The van der Waals surface area contributed by atoms with Gasteiger partial charge in [-0.3, -0.25) is 14.4 Å². The van der Waals surface area contributed by atoms with Gasteiger partial charge in [0.2, 0.25) is 5.91 Å². The van der Waals surface area contributed by atoms with E-state index in [1.807, 2.05) is 0 Å². The molecular formula is C26H24F4N4O3. The van der Waals surface area contributed by atoms with Crippen LogP contribution < -0.4 is 5.56 Å². The zero-order valence-electron chi connectivity index (χ0n) is 20.1. The summed E-state index contributed by atoms with van der Waals surface area (Å²) in [5.74, 6) is -2.86. The minimum absolute atomic E-state index is 0.0738. The molecule has 1 unspecified atom stereocenters. The summed E-state index contributed by atoms with van der Waals surface area (Å²) in [6.07, 6.45) is -2.70. The molecule has 0 radical (unpaired) electrons. The highest BCUT2D eigenvalue weighted by atomic mass is 19.3. The maximum Gasteiger partial charge on any atom is 0.267 e. The van der Waals surface area contributed by atoms with E-state index < -0.39 is 42.5 Å². The number of alkyl halides is 2. The molecule has 2 aromatic carbocycles. The van der Waals surface area contributed by atoms with E-state index in [0.717, 1.165) is 28.0 Å². The number of piperazine rings is 1. The number of amides is 2. The first-order valence-corrected chi connectivity index (χ1v) is 11.5. The van der Waals surface area contributed by atoms with Gasteiger partial charge in [0, 0.05) is 25.1 Å². The molecule has 2 heterocycles. The number of aromatic amines is 1. The van der Waals surface area contributed by atoms with Crippen LogP contribution in [0.2, 0.25) is 0 Å². The van der Waals surface area contributed by atoms with Crippen molar-refractivity contribution < 1.29 is 27.2 Å². The lowest BCUT2D eigenvalue weighted by atomic mass is 10.0. The average molecular weight is 516 g/mol. The molecule has 0 aliphatic carbocycles. The number of H-pyrrole nitrogens is 1. The van der Waals surface area contributed by atoms with Gasteiger partial charge in [0.25, 0.3) is 17.9 Å². The van der Waals surface area contributed by atoms with Gasteiger partial charge in [-0.2, -0.15) is 5.10 Å². The van der Waals surface area contributed by atoms with Gasteiger partial charge in [-0.15, -0.1) is 0 Å². The smallest absolute Gasteiger partial charge is 0.267 e. The molecule has 11 heteroatoms. The molecule has 1 aliphatic heterocycles. The number of nitrogens with one attached hydrogen (secondary N) is 1. The largest absolute Gasteiger partial charge is 0.327 e. The van der Waals surface area contributed by atoms with Crippen LogP contribution >= 0.6 is 0 Å². The van der Waals surface area contributed by atoms with Crippen molar-refractivity contribution in [2.45, 2.75) is 32.7 Å². The van der Waals surface area contributed by atoms with Crippen molar-refractivity contribution in [2.24, 2.45) is 0 Å². The van der Waals surface area contributed by atoms with Crippen LogP contribution in [-0.2, 0) is 11.2 Å². The number of halogens is 4. The Balaban J connectivity index is 1.52. The summed E-state index contributed by atoms with van der Waals surface area (Å²) in [7, 11) is 0. The highest BCUT2D eigenvalue weighted by Gasteiger charge is 2.37. The monoisotopic (exact) mass is 516 g/mol. The van der Waals surface area contributed by atoms with Gasteiger partial charge in [-0.05, 0) is 54.8 Å². The van der Waals surface area contributed by atoms with Gasteiger partial charge in [0.1, 0.15) is 24.2 Å². The fourth-order valence-electron chi connectivity index (χ4n) is 4.33. The molecule has 37 heavy (non-hydrogen) atoms. The maximum atomic E-state index is 14.6. The van der Waals surface area contributed by atoms with Gasteiger partial charge in [0.05, 0.1) is 11.3 Å². The van der Waals surface area contributed by atoms with Gasteiger partial charge in [-0.1, -0.05) is 18.2 Å². The molecule has 1 atom stereocenters. The van der Waals surface area contributed by atoms with Gasteiger partial charge in [-0.25, -0.2) is 22.7 Å². The molecule has 1 saturated heterocycles. The molecule has 1 aromatic heterocycles. The van der Waals surface area contributed by atoms with E-state index in [1.54, 1.807) is 13.8 Å². The summed E-state index contributed by atoms with van der Waals surface area (Å²) in [4.78, 5) is 39.7. The van der Waals surface area contributed by atoms with Crippen molar-refractivity contribution in [2.75, 3.05) is 19.6 Å². The Kier molecular flexibility index (Phi) is 7.42. The highest BCUT2D eigenvalue weighted by Crippen LogP contribution is 2.30. The SMILES string of the molecule is Cc1c(Cc2ccc(F)c(C(=O)N3CCN(C(c4ccc(F)cc4)C(F)F)C(=O)C3)c2)n[nH]c(=O)c1C. The van der Waals surface area contributed by atoms with Gasteiger partial charge >= 0.3 is 0 Å². The van der Waals surface area contributed by atoms with Crippen molar-refractivity contribution in [3.8, 4) is 0 Å². The number of carbonyl (C=O) groups is 2. The first-order valence-electron chi connectivity index (χ1n) is 11.5. The van der Waals surface area contributed by atoms with Crippen LogP contribution in [0.25, 0.3) is 0 Å². The van der Waals surface area contributed by atoms with Crippen molar-refractivity contribution >= 4 is 11.8 Å². The average Bonchev–Trinajstić information content (AvgIpc) is 2.87. The third-order valence-electron chi connectivity index (χ3n) is 6.59. The Morgan fingerprint density at radius 1 is 1.03 bits per heavy atom. The van der Waals surface area contributed by atoms with E-state index in [4.69, 9.17) is 0 Å². The maximum absolute atomic E-state index is 14.6. The number of hydrogen-bond donors (Lipinski definition) is 1. The number of aromatic nitrogens is 2. The van der Waals surface area contributed by atoms with Crippen molar-refractivity contribution in [1.29, 1.82) is 0 Å². The van der Waals surface area contributed by atoms with Crippen LogP contribution in [0.1, 0.15) is 44.3 Å². The first kappa shape index (κ1) is 26.1. The highest BCUT2D eigenvalue weighted by molar-refractivity contribution is 5.97. The van der Waals surface area contributed by atoms with Crippen molar-refractivity contribution in [3.05, 3.63) is 98.0 Å². The molecule has 1 N–H and O–H groups in total. The Morgan fingerprint density at radius 2 is 1.73 bits per heavy atom. The lowest BCUT2D eigenvalue weighted by Crippen LogP contribution is -2.54. The topological polar surface area (TPSA) is 86.4 Å². The number of hydrogen-bond acceptors (Lipinski definition) is 4. The summed E-state index contributed by atoms with van der Waals surface area (Å²) < 4.78 is 55.6. The second-order valence-corrected chi connectivity index (χ2v) is 8.89. The van der Waals surface area contributed by atoms with Crippen LogP contribution in [0, 0.1) is 25.5 Å². The predicted molar refractivity (Wildman–Crippen MR) is 126 cm³/mol. The summed E-state index contributed by atoms with van der Waals surface area (Å²) in [5, 5.41) is 6.44. The Morgan fingerprint density at radius 3 is 2.38 bits per heavy atom. The number of benzene rings is 2. The number of nitrogens with zero attached hydrogens (tertiary/aromatic N) is 3. The zero-order valence-corrected chi connectivity index (χ0v) is 20.1. The lowest BCUT2D eigenvalue weighted by molar-refractivity contribution is -0.142. The molecule has 194 valence electrons. The number of carbonyl (C=O) groups excluding carboxylic acids is 2.